The van der Waals surface area contributed by atoms with Gasteiger partial charge in [0.05, 0.1) is 31.1 Å². The average molecular weight is 280 g/mol. The summed E-state index contributed by atoms with van der Waals surface area (Å²) in [4.78, 5) is 0. The van der Waals surface area contributed by atoms with Gasteiger partial charge >= 0.3 is 0 Å². The molecular weight excluding hydrogens is 264 g/mol. The number of aromatic nitrogens is 2. The fourth-order valence-corrected chi connectivity index (χ4v) is 2.14. The monoisotopic (exact) mass is 280 g/mol. The first kappa shape index (κ1) is 13.8. The van der Waals surface area contributed by atoms with E-state index in [1.165, 1.54) is 0 Å². The van der Waals surface area contributed by atoms with E-state index in [1.807, 2.05) is 13.8 Å². The molecule has 0 radical (unpaired) electrons. The minimum absolute atomic E-state index is 0.539. The Morgan fingerprint density at radius 1 is 1.21 bits per heavy atom. The molecule has 5 nitrogen and oxygen atoms in total. The van der Waals surface area contributed by atoms with Gasteiger partial charge in [-0.1, -0.05) is 6.07 Å². The zero-order chi connectivity index (χ0) is 13.7. The number of aliphatic hydroxyl groups excluding tert-OH is 1. The Labute approximate surface area is 116 Å². The molecule has 1 N–H and O–H groups in total. The van der Waals surface area contributed by atoms with Crippen LogP contribution in [0.2, 0.25) is 0 Å². The summed E-state index contributed by atoms with van der Waals surface area (Å²) >= 11 is 1.07. The first-order valence-corrected chi connectivity index (χ1v) is 6.84. The predicted octanol–water partition coefficient (Wildman–Crippen LogP) is 2.42. The maximum Gasteiger partial charge on any atom is 0.161 e. The Morgan fingerprint density at radius 3 is 2.58 bits per heavy atom. The van der Waals surface area contributed by atoms with Crippen molar-refractivity contribution in [1.29, 1.82) is 0 Å². The molecule has 19 heavy (non-hydrogen) atoms. The second-order valence-corrected chi connectivity index (χ2v) is 4.36. The van der Waals surface area contributed by atoms with Gasteiger partial charge in [0.15, 0.2) is 11.5 Å². The van der Waals surface area contributed by atoms with E-state index in [9.17, 15) is 5.11 Å². The molecule has 1 unspecified atom stereocenters. The maximum absolute atomic E-state index is 10.2. The van der Waals surface area contributed by atoms with Crippen molar-refractivity contribution in [3.05, 3.63) is 35.7 Å². The van der Waals surface area contributed by atoms with Crippen LogP contribution in [0, 0.1) is 0 Å². The number of nitrogens with zero attached hydrogens (tertiary/aromatic N) is 2. The van der Waals surface area contributed by atoms with Gasteiger partial charge < -0.3 is 14.6 Å². The molecule has 1 atom stereocenters. The van der Waals surface area contributed by atoms with E-state index in [0.29, 0.717) is 36.0 Å². The summed E-state index contributed by atoms with van der Waals surface area (Å²) in [5.41, 5.74) is 1.25. The summed E-state index contributed by atoms with van der Waals surface area (Å²) in [6.07, 6.45) is 0.764. The Balaban J connectivity index is 2.29. The number of ether oxygens (including phenoxy) is 2. The minimum Gasteiger partial charge on any atom is -0.490 e. The van der Waals surface area contributed by atoms with Crippen LogP contribution in [0.1, 0.15) is 31.2 Å². The summed E-state index contributed by atoms with van der Waals surface area (Å²) in [6, 6.07) is 5.38. The van der Waals surface area contributed by atoms with Crippen LogP contribution in [0.5, 0.6) is 11.5 Å². The van der Waals surface area contributed by atoms with Gasteiger partial charge in [0.25, 0.3) is 0 Å². The minimum atomic E-state index is -0.798. The fourth-order valence-electron chi connectivity index (χ4n) is 1.70. The predicted molar refractivity (Wildman–Crippen MR) is 72.8 cm³/mol. The lowest BCUT2D eigenvalue weighted by atomic mass is 10.1. The van der Waals surface area contributed by atoms with E-state index in [-0.39, 0.29) is 0 Å². The van der Waals surface area contributed by atoms with Crippen molar-refractivity contribution >= 4 is 11.7 Å². The van der Waals surface area contributed by atoms with Gasteiger partial charge in [0.2, 0.25) is 0 Å². The molecule has 102 valence electrons. The van der Waals surface area contributed by atoms with Crippen LogP contribution in [-0.2, 0) is 0 Å². The quantitative estimate of drug-likeness (QED) is 0.880. The molecular formula is C13H16N2O3S. The molecule has 1 aromatic heterocycles. The highest BCUT2D eigenvalue weighted by atomic mass is 32.1. The highest BCUT2D eigenvalue weighted by molar-refractivity contribution is 6.99. The molecule has 0 saturated heterocycles. The molecule has 6 heteroatoms. The highest BCUT2D eigenvalue weighted by Crippen LogP contribution is 2.32. The molecule has 1 heterocycles. The van der Waals surface area contributed by atoms with Gasteiger partial charge in [-0.05, 0) is 31.5 Å². The van der Waals surface area contributed by atoms with Gasteiger partial charge in [-0.2, -0.15) is 8.75 Å². The second-order valence-electron chi connectivity index (χ2n) is 3.81. The van der Waals surface area contributed by atoms with Crippen molar-refractivity contribution < 1.29 is 14.6 Å². The highest BCUT2D eigenvalue weighted by Gasteiger charge is 2.16. The van der Waals surface area contributed by atoms with Crippen molar-refractivity contribution in [1.82, 2.24) is 8.75 Å². The maximum atomic E-state index is 10.2. The lowest BCUT2D eigenvalue weighted by Gasteiger charge is -2.14. The zero-order valence-electron chi connectivity index (χ0n) is 10.9. The lowest BCUT2D eigenvalue weighted by Crippen LogP contribution is -2.03. The van der Waals surface area contributed by atoms with Crippen molar-refractivity contribution in [2.75, 3.05) is 13.2 Å². The average Bonchev–Trinajstić information content (AvgIpc) is 2.94. The Morgan fingerprint density at radius 2 is 1.95 bits per heavy atom. The van der Waals surface area contributed by atoms with Crippen LogP contribution >= 0.6 is 11.7 Å². The van der Waals surface area contributed by atoms with E-state index < -0.39 is 6.10 Å². The van der Waals surface area contributed by atoms with Crippen LogP contribution in [-0.4, -0.2) is 27.1 Å². The summed E-state index contributed by atoms with van der Waals surface area (Å²) in [5.74, 6) is 1.31. The molecule has 0 fully saturated rings. The molecule has 2 rings (SSSR count). The van der Waals surface area contributed by atoms with Gasteiger partial charge in [-0.15, -0.1) is 0 Å². The Bertz CT molecular complexity index is 517. The van der Waals surface area contributed by atoms with Crippen LogP contribution < -0.4 is 9.47 Å². The summed E-state index contributed by atoms with van der Waals surface area (Å²) in [5, 5.41) is 10.2. The molecule has 0 saturated carbocycles. The van der Waals surface area contributed by atoms with Crippen LogP contribution in [0.3, 0.4) is 0 Å². The van der Waals surface area contributed by atoms with Crippen LogP contribution in [0.15, 0.2) is 24.4 Å². The molecule has 0 aliphatic rings. The zero-order valence-corrected chi connectivity index (χ0v) is 11.7. The Hall–Kier alpha value is -1.66. The van der Waals surface area contributed by atoms with Gasteiger partial charge in [-0.25, -0.2) is 0 Å². The standard InChI is InChI=1S/C13H16N2O3S/c1-3-17-11-6-5-9(7-12(11)18-4-2)13(16)10-8-14-19-15-10/h5-8,13,16H,3-4H2,1-2H3. The molecule has 0 aliphatic heterocycles. The second kappa shape index (κ2) is 6.49. The SMILES string of the molecule is CCOc1ccc(C(O)c2cnsn2)cc1OCC. The van der Waals surface area contributed by atoms with Gasteiger partial charge in [-0.3, -0.25) is 0 Å². The topological polar surface area (TPSA) is 64.5 Å². The number of hydrogen-bond acceptors (Lipinski definition) is 6. The summed E-state index contributed by atoms with van der Waals surface area (Å²) < 4.78 is 18.9. The number of benzene rings is 1. The van der Waals surface area contributed by atoms with Crippen molar-refractivity contribution in [2.45, 2.75) is 20.0 Å². The number of aliphatic hydroxyl groups is 1. The van der Waals surface area contributed by atoms with E-state index >= 15 is 0 Å². The first-order chi connectivity index (χ1) is 9.26. The van der Waals surface area contributed by atoms with E-state index in [1.54, 1.807) is 24.4 Å². The Kier molecular flexibility index (Phi) is 4.70. The van der Waals surface area contributed by atoms with E-state index in [4.69, 9.17) is 9.47 Å². The smallest absolute Gasteiger partial charge is 0.161 e. The summed E-state index contributed by atoms with van der Waals surface area (Å²) in [7, 11) is 0. The molecule has 0 bridgehead atoms. The number of hydrogen-bond donors (Lipinski definition) is 1. The van der Waals surface area contributed by atoms with Crippen LogP contribution in [0.4, 0.5) is 0 Å². The van der Waals surface area contributed by atoms with E-state index in [2.05, 4.69) is 8.75 Å². The molecule has 0 amide bonds. The third-order valence-electron chi connectivity index (χ3n) is 2.54. The first-order valence-electron chi connectivity index (χ1n) is 6.11. The largest absolute Gasteiger partial charge is 0.490 e. The van der Waals surface area contributed by atoms with Gasteiger partial charge in [0, 0.05) is 0 Å². The third kappa shape index (κ3) is 3.21. The van der Waals surface area contributed by atoms with Crippen molar-refractivity contribution in [2.24, 2.45) is 0 Å². The molecule has 2 aromatic rings. The third-order valence-corrected chi connectivity index (χ3v) is 3.03. The fraction of sp³-hybridized carbons (Fsp3) is 0.385. The van der Waals surface area contributed by atoms with Crippen molar-refractivity contribution in [3.63, 3.8) is 0 Å². The molecule has 0 spiro atoms. The molecule has 1 aromatic carbocycles. The van der Waals surface area contributed by atoms with Crippen LogP contribution in [0.25, 0.3) is 0 Å². The van der Waals surface area contributed by atoms with Gasteiger partial charge in [0.1, 0.15) is 11.8 Å². The van der Waals surface area contributed by atoms with E-state index in [0.717, 1.165) is 11.7 Å². The molecule has 0 aliphatic carbocycles. The number of rotatable bonds is 6. The van der Waals surface area contributed by atoms with Crippen molar-refractivity contribution in [3.8, 4) is 11.5 Å². The lowest BCUT2D eigenvalue weighted by molar-refractivity contribution is 0.215. The summed E-state index contributed by atoms with van der Waals surface area (Å²) in [6.45, 7) is 4.93. The normalized spacial score (nSPS) is 12.2.